The van der Waals surface area contributed by atoms with Gasteiger partial charge in [0.1, 0.15) is 5.75 Å². The lowest BCUT2D eigenvalue weighted by molar-refractivity contribution is 0.161. The minimum atomic E-state index is 0.214. The summed E-state index contributed by atoms with van der Waals surface area (Å²) in [7, 11) is 6.82. The second-order valence-corrected chi connectivity index (χ2v) is 7.85. The second kappa shape index (κ2) is 12.2. The summed E-state index contributed by atoms with van der Waals surface area (Å²) in [5.74, 6) is 3.13. The molecule has 1 atom stereocenters. The molecule has 3 rings (SSSR count). The number of nitrogens with zero attached hydrogens (tertiary/aromatic N) is 2. The zero-order valence-electron chi connectivity index (χ0n) is 19.7. The number of para-hydroxylation sites is 1. The number of piperidine rings is 1. The topological polar surface area (TPSA) is 67.4 Å². The Hall–Kier alpha value is -2.93. The van der Waals surface area contributed by atoms with E-state index >= 15 is 0 Å². The maximum absolute atomic E-state index is 5.67. The standard InChI is InChI=1S/C25H36N4O3/c1-26-25(27-17-19-12-13-23(31-3)24(16-19)32-4)28-18-21(29-14-8-5-9-15-29)20-10-6-7-11-22(20)30-2/h6-7,10-13,16,21H,5,8-9,14-15,17-18H2,1-4H3,(H2,26,27,28). The third kappa shape index (κ3) is 6.07. The summed E-state index contributed by atoms with van der Waals surface area (Å²) in [4.78, 5) is 6.97. The lowest BCUT2D eigenvalue weighted by Gasteiger charge is -2.35. The van der Waals surface area contributed by atoms with Crippen LogP contribution < -0.4 is 24.8 Å². The number of likely N-dealkylation sites (tertiary alicyclic amines) is 1. The van der Waals surface area contributed by atoms with Crippen molar-refractivity contribution >= 4 is 5.96 Å². The van der Waals surface area contributed by atoms with Crippen LogP contribution in [0.5, 0.6) is 17.2 Å². The Bertz CT molecular complexity index is 881. The molecule has 0 bridgehead atoms. The first-order valence-electron chi connectivity index (χ1n) is 11.2. The van der Waals surface area contributed by atoms with E-state index in [1.54, 1.807) is 28.4 Å². The summed E-state index contributed by atoms with van der Waals surface area (Å²) < 4.78 is 16.4. The Morgan fingerprint density at radius 3 is 2.31 bits per heavy atom. The van der Waals surface area contributed by atoms with Crippen LogP contribution in [0, 0.1) is 0 Å². The molecule has 2 N–H and O–H groups in total. The molecule has 7 heteroatoms. The van der Waals surface area contributed by atoms with Gasteiger partial charge in [-0.25, -0.2) is 0 Å². The molecule has 1 heterocycles. The van der Waals surface area contributed by atoms with Gasteiger partial charge in [0.25, 0.3) is 0 Å². The number of nitrogens with one attached hydrogen (secondary N) is 2. The summed E-state index contributed by atoms with van der Waals surface area (Å²) >= 11 is 0. The number of hydrogen-bond donors (Lipinski definition) is 2. The maximum Gasteiger partial charge on any atom is 0.191 e. The van der Waals surface area contributed by atoms with Gasteiger partial charge >= 0.3 is 0 Å². The van der Waals surface area contributed by atoms with Gasteiger partial charge in [0.15, 0.2) is 17.5 Å². The summed E-state index contributed by atoms with van der Waals surface area (Å²) in [6.45, 7) is 3.57. The van der Waals surface area contributed by atoms with Gasteiger partial charge in [-0.2, -0.15) is 0 Å². The van der Waals surface area contributed by atoms with E-state index in [-0.39, 0.29) is 6.04 Å². The third-order valence-electron chi connectivity index (χ3n) is 5.92. The monoisotopic (exact) mass is 440 g/mol. The van der Waals surface area contributed by atoms with Crippen LogP contribution in [-0.4, -0.2) is 58.9 Å². The van der Waals surface area contributed by atoms with Gasteiger partial charge in [0, 0.05) is 25.7 Å². The molecule has 2 aromatic carbocycles. The predicted molar refractivity (Wildman–Crippen MR) is 129 cm³/mol. The van der Waals surface area contributed by atoms with Crippen LogP contribution in [0.3, 0.4) is 0 Å². The fraction of sp³-hybridized carbons (Fsp3) is 0.480. The summed E-state index contributed by atoms with van der Waals surface area (Å²) in [5, 5.41) is 6.93. The molecule has 0 saturated carbocycles. The number of hydrogen-bond acceptors (Lipinski definition) is 5. The number of benzene rings is 2. The normalized spacial score (nSPS) is 15.7. The molecule has 0 spiro atoms. The summed E-state index contributed by atoms with van der Waals surface area (Å²) in [5.41, 5.74) is 2.29. The minimum absolute atomic E-state index is 0.214. The van der Waals surface area contributed by atoms with E-state index in [4.69, 9.17) is 14.2 Å². The van der Waals surface area contributed by atoms with E-state index < -0.39 is 0 Å². The zero-order chi connectivity index (χ0) is 22.8. The van der Waals surface area contributed by atoms with Gasteiger partial charge in [-0.3, -0.25) is 9.89 Å². The molecule has 1 unspecified atom stereocenters. The van der Waals surface area contributed by atoms with Crippen molar-refractivity contribution in [2.24, 2.45) is 4.99 Å². The first kappa shape index (κ1) is 23.7. The molecular weight excluding hydrogens is 404 g/mol. The van der Waals surface area contributed by atoms with Crippen LogP contribution in [0.25, 0.3) is 0 Å². The van der Waals surface area contributed by atoms with Gasteiger partial charge in [-0.05, 0) is 49.7 Å². The number of aliphatic imine (C=N–C) groups is 1. The van der Waals surface area contributed by atoms with Crippen molar-refractivity contribution in [2.45, 2.75) is 31.8 Å². The molecule has 0 radical (unpaired) electrons. The number of ether oxygens (including phenoxy) is 3. The van der Waals surface area contributed by atoms with Crippen molar-refractivity contribution in [1.82, 2.24) is 15.5 Å². The molecule has 7 nitrogen and oxygen atoms in total. The predicted octanol–water partition coefficient (Wildman–Crippen LogP) is 3.60. The maximum atomic E-state index is 5.67. The average molecular weight is 441 g/mol. The highest BCUT2D eigenvalue weighted by Crippen LogP contribution is 2.31. The third-order valence-corrected chi connectivity index (χ3v) is 5.92. The van der Waals surface area contributed by atoms with Crippen LogP contribution in [0.1, 0.15) is 36.4 Å². The van der Waals surface area contributed by atoms with Gasteiger partial charge in [-0.1, -0.05) is 30.7 Å². The lowest BCUT2D eigenvalue weighted by Crippen LogP contribution is -2.44. The van der Waals surface area contributed by atoms with Gasteiger partial charge in [-0.15, -0.1) is 0 Å². The van der Waals surface area contributed by atoms with Crippen LogP contribution >= 0.6 is 0 Å². The quantitative estimate of drug-likeness (QED) is 0.459. The molecule has 1 saturated heterocycles. The van der Waals surface area contributed by atoms with E-state index in [2.05, 4.69) is 32.7 Å². The van der Waals surface area contributed by atoms with Gasteiger partial charge in [0.2, 0.25) is 0 Å². The van der Waals surface area contributed by atoms with E-state index in [0.29, 0.717) is 6.54 Å². The molecule has 1 aliphatic heterocycles. The Labute approximate surface area is 191 Å². The Morgan fingerprint density at radius 2 is 1.62 bits per heavy atom. The minimum Gasteiger partial charge on any atom is -0.496 e. The average Bonchev–Trinajstić information content (AvgIpc) is 2.86. The Morgan fingerprint density at radius 1 is 0.906 bits per heavy atom. The molecule has 2 aromatic rings. The second-order valence-electron chi connectivity index (χ2n) is 7.85. The van der Waals surface area contributed by atoms with Crippen molar-refractivity contribution in [3.63, 3.8) is 0 Å². The largest absolute Gasteiger partial charge is 0.496 e. The highest BCUT2D eigenvalue weighted by atomic mass is 16.5. The first-order valence-corrected chi connectivity index (χ1v) is 11.2. The summed E-state index contributed by atoms with van der Waals surface area (Å²) in [6, 6.07) is 14.4. The Kier molecular flexibility index (Phi) is 9.04. The molecular formula is C25H36N4O3. The first-order chi connectivity index (χ1) is 15.7. The van der Waals surface area contributed by atoms with E-state index in [9.17, 15) is 0 Å². The van der Waals surface area contributed by atoms with Crippen LogP contribution in [0.4, 0.5) is 0 Å². The van der Waals surface area contributed by atoms with Crippen molar-refractivity contribution in [3.8, 4) is 17.2 Å². The zero-order valence-corrected chi connectivity index (χ0v) is 19.7. The lowest BCUT2D eigenvalue weighted by atomic mass is 10.0. The Balaban J connectivity index is 1.67. The number of methoxy groups -OCH3 is 3. The van der Waals surface area contributed by atoms with Crippen molar-refractivity contribution in [1.29, 1.82) is 0 Å². The molecule has 0 aliphatic carbocycles. The molecule has 0 amide bonds. The highest BCUT2D eigenvalue weighted by molar-refractivity contribution is 5.79. The smallest absolute Gasteiger partial charge is 0.191 e. The highest BCUT2D eigenvalue weighted by Gasteiger charge is 2.25. The molecule has 174 valence electrons. The number of rotatable bonds is 9. The van der Waals surface area contributed by atoms with E-state index in [0.717, 1.165) is 48.4 Å². The van der Waals surface area contributed by atoms with Crippen molar-refractivity contribution in [2.75, 3.05) is 48.0 Å². The number of guanidine groups is 1. The molecule has 32 heavy (non-hydrogen) atoms. The fourth-order valence-electron chi connectivity index (χ4n) is 4.20. The van der Waals surface area contributed by atoms with Crippen LogP contribution in [0.2, 0.25) is 0 Å². The molecule has 0 aromatic heterocycles. The van der Waals surface area contributed by atoms with Crippen molar-refractivity contribution in [3.05, 3.63) is 53.6 Å². The van der Waals surface area contributed by atoms with E-state index in [1.807, 2.05) is 30.3 Å². The van der Waals surface area contributed by atoms with Crippen molar-refractivity contribution < 1.29 is 14.2 Å². The van der Waals surface area contributed by atoms with Gasteiger partial charge in [0.05, 0.1) is 27.4 Å². The molecule has 1 aliphatic rings. The van der Waals surface area contributed by atoms with Crippen LogP contribution in [-0.2, 0) is 6.54 Å². The van der Waals surface area contributed by atoms with Gasteiger partial charge < -0.3 is 24.8 Å². The fourth-order valence-corrected chi connectivity index (χ4v) is 4.20. The molecule has 1 fully saturated rings. The SMILES string of the molecule is CN=C(NCc1ccc(OC)c(OC)c1)NCC(c1ccccc1OC)N1CCCCC1. The van der Waals surface area contributed by atoms with E-state index in [1.165, 1.54) is 24.8 Å². The van der Waals surface area contributed by atoms with Crippen LogP contribution in [0.15, 0.2) is 47.5 Å². The summed E-state index contributed by atoms with van der Waals surface area (Å²) in [6.07, 6.45) is 3.77.